The van der Waals surface area contributed by atoms with Gasteiger partial charge in [-0.2, -0.15) is 0 Å². The lowest BCUT2D eigenvalue weighted by Gasteiger charge is -2.33. The first-order valence-electron chi connectivity index (χ1n) is 9.17. The summed E-state index contributed by atoms with van der Waals surface area (Å²) in [5.41, 5.74) is 1.45. The molecular weight excluding hydrogens is 457 g/mol. The molecule has 1 aromatic carbocycles. The quantitative estimate of drug-likeness (QED) is 0.326. The molecule has 0 aliphatic rings. The zero-order chi connectivity index (χ0) is 18.9. The lowest BCUT2D eigenvalue weighted by atomic mass is 9.76. The van der Waals surface area contributed by atoms with E-state index in [1.54, 1.807) is 7.05 Å². The maximum Gasteiger partial charge on any atom is 0.191 e. The molecule has 0 fully saturated rings. The van der Waals surface area contributed by atoms with E-state index >= 15 is 0 Å². The van der Waals surface area contributed by atoms with Crippen molar-refractivity contribution in [2.45, 2.75) is 57.6 Å². The summed E-state index contributed by atoms with van der Waals surface area (Å²) in [6, 6.07) is 10.7. The van der Waals surface area contributed by atoms with Crippen molar-refractivity contribution in [2.24, 2.45) is 4.99 Å². The van der Waals surface area contributed by atoms with Crippen molar-refractivity contribution in [2.75, 3.05) is 25.9 Å². The second-order valence-electron chi connectivity index (χ2n) is 7.37. The number of hydrogen-bond acceptors (Lipinski definition) is 2. The van der Waals surface area contributed by atoms with Crippen LogP contribution >= 0.6 is 24.0 Å². The molecule has 150 valence electrons. The molecule has 0 bridgehead atoms. The third kappa shape index (κ3) is 7.55. The molecule has 0 radical (unpaired) electrons. The number of hydrogen-bond donors (Lipinski definition) is 2. The molecule has 2 N–H and O–H groups in total. The second-order valence-corrected chi connectivity index (χ2v) is 9.69. The summed E-state index contributed by atoms with van der Waals surface area (Å²) >= 11 is 0. The van der Waals surface area contributed by atoms with E-state index in [0.717, 1.165) is 25.3 Å². The fraction of sp³-hybridized carbons (Fsp3) is 0.650. The highest BCUT2D eigenvalue weighted by molar-refractivity contribution is 14.0. The van der Waals surface area contributed by atoms with Gasteiger partial charge in [0.1, 0.15) is 0 Å². The smallest absolute Gasteiger partial charge is 0.191 e. The Labute approximate surface area is 179 Å². The summed E-state index contributed by atoms with van der Waals surface area (Å²) in [5.74, 6) is 1.39. The highest BCUT2D eigenvalue weighted by Crippen LogP contribution is 2.30. The summed E-state index contributed by atoms with van der Waals surface area (Å²) in [5, 5.41) is 6.75. The van der Waals surface area contributed by atoms with Crippen LogP contribution in [0.4, 0.5) is 0 Å². The highest BCUT2D eigenvalue weighted by Gasteiger charge is 2.28. The second kappa shape index (κ2) is 12.0. The predicted octanol–water partition coefficient (Wildman–Crippen LogP) is 4.07. The van der Waals surface area contributed by atoms with Crippen molar-refractivity contribution in [1.29, 1.82) is 0 Å². The van der Waals surface area contributed by atoms with Gasteiger partial charge in [0.15, 0.2) is 5.96 Å². The first kappa shape index (κ1) is 25.4. The van der Waals surface area contributed by atoms with E-state index in [1.165, 1.54) is 5.56 Å². The van der Waals surface area contributed by atoms with Crippen molar-refractivity contribution in [3.63, 3.8) is 0 Å². The van der Waals surface area contributed by atoms with Gasteiger partial charge < -0.3 is 10.6 Å². The van der Waals surface area contributed by atoms with Crippen LogP contribution in [0.5, 0.6) is 0 Å². The number of benzene rings is 1. The van der Waals surface area contributed by atoms with Crippen LogP contribution in [-0.2, 0) is 16.2 Å². The Bertz CT molecular complexity index is 566. The van der Waals surface area contributed by atoms with Gasteiger partial charge in [-0.3, -0.25) is 9.20 Å². The first-order valence-corrected chi connectivity index (χ1v) is 10.5. The van der Waals surface area contributed by atoms with Crippen LogP contribution in [0.3, 0.4) is 0 Å². The van der Waals surface area contributed by atoms with Crippen LogP contribution < -0.4 is 10.6 Å². The molecule has 6 heteroatoms. The Hall–Kier alpha value is -0.630. The van der Waals surface area contributed by atoms with Gasteiger partial charge in [0.25, 0.3) is 0 Å². The molecular formula is C20H36IN3OS. The molecule has 1 rings (SSSR count). The van der Waals surface area contributed by atoms with E-state index in [4.69, 9.17) is 0 Å². The number of nitrogens with zero attached hydrogens (tertiary/aromatic N) is 1. The van der Waals surface area contributed by atoms with Crippen LogP contribution in [-0.4, -0.2) is 40.8 Å². The summed E-state index contributed by atoms with van der Waals surface area (Å²) in [6.45, 7) is 12.0. The zero-order valence-corrected chi connectivity index (χ0v) is 20.2. The Morgan fingerprint density at radius 1 is 1.08 bits per heavy atom. The van der Waals surface area contributed by atoms with Crippen molar-refractivity contribution in [3.05, 3.63) is 35.9 Å². The van der Waals surface area contributed by atoms with Crippen molar-refractivity contribution < 1.29 is 4.21 Å². The van der Waals surface area contributed by atoms with Gasteiger partial charge in [-0.05, 0) is 39.2 Å². The number of aliphatic imine (C=N–C) groups is 1. The number of guanidine groups is 1. The Kier molecular flexibility index (Phi) is 11.7. The zero-order valence-electron chi connectivity index (χ0n) is 17.1. The number of halogens is 1. The predicted molar refractivity (Wildman–Crippen MR) is 126 cm³/mol. The average molecular weight is 493 g/mol. The molecule has 0 heterocycles. The highest BCUT2D eigenvalue weighted by atomic mass is 127. The SMILES string of the molecule is CCC(CC)(CNC(=NC)NCCS(=O)C(C)(C)C)c1ccccc1.I. The normalized spacial score (nSPS) is 13.7. The molecule has 0 aliphatic carbocycles. The fourth-order valence-electron chi connectivity index (χ4n) is 2.84. The van der Waals surface area contributed by atoms with Gasteiger partial charge in [-0.1, -0.05) is 44.2 Å². The van der Waals surface area contributed by atoms with Gasteiger partial charge in [0.05, 0.1) is 0 Å². The van der Waals surface area contributed by atoms with E-state index in [9.17, 15) is 4.21 Å². The summed E-state index contributed by atoms with van der Waals surface area (Å²) in [4.78, 5) is 4.31. The molecule has 0 aliphatic heterocycles. The molecule has 0 saturated carbocycles. The monoisotopic (exact) mass is 493 g/mol. The van der Waals surface area contributed by atoms with Crippen LogP contribution in [0.2, 0.25) is 0 Å². The molecule has 1 atom stereocenters. The minimum atomic E-state index is -0.855. The lowest BCUT2D eigenvalue weighted by Crippen LogP contribution is -2.46. The topological polar surface area (TPSA) is 53.5 Å². The van der Waals surface area contributed by atoms with Crippen LogP contribution in [0.15, 0.2) is 35.3 Å². The maximum absolute atomic E-state index is 12.1. The van der Waals surface area contributed by atoms with Crippen LogP contribution in [0, 0.1) is 0 Å². The molecule has 4 nitrogen and oxygen atoms in total. The van der Waals surface area contributed by atoms with Gasteiger partial charge in [0.2, 0.25) is 0 Å². The molecule has 1 aromatic rings. The fourth-order valence-corrected chi connectivity index (χ4v) is 3.74. The van der Waals surface area contributed by atoms with Crippen LogP contribution in [0.1, 0.15) is 53.0 Å². The molecule has 1 unspecified atom stereocenters. The lowest BCUT2D eigenvalue weighted by molar-refractivity contribution is 0.389. The van der Waals surface area contributed by atoms with E-state index in [0.29, 0.717) is 12.3 Å². The van der Waals surface area contributed by atoms with Crippen LogP contribution in [0.25, 0.3) is 0 Å². The van der Waals surface area contributed by atoms with Gasteiger partial charge in [-0.25, -0.2) is 0 Å². The molecule has 0 saturated heterocycles. The summed E-state index contributed by atoms with van der Waals surface area (Å²) in [6.07, 6.45) is 2.12. The van der Waals surface area contributed by atoms with E-state index in [-0.39, 0.29) is 34.1 Å². The largest absolute Gasteiger partial charge is 0.356 e. The minimum Gasteiger partial charge on any atom is -0.356 e. The maximum atomic E-state index is 12.1. The number of nitrogens with one attached hydrogen (secondary N) is 2. The standard InChI is InChI=1S/C20H35N3OS.HI/c1-7-20(8-2,17-12-10-9-11-13-17)16-23-18(21-6)22-14-15-25(24)19(3,4)5;/h9-13H,7-8,14-16H2,1-6H3,(H2,21,22,23);1H. The van der Waals surface area contributed by atoms with Crippen molar-refractivity contribution in [1.82, 2.24) is 10.6 Å². The van der Waals surface area contributed by atoms with Gasteiger partial charge in [-0.15, -0.1) is 24.0 Å². The Morgan fingerprint density at radius 2 is 1.65 bits per heavy atom. The minimum absolute atomic E-state index is 0. The molecule has 26 heavy (non-hydrogen) atoms. The van der Waals surface area contributed by atoms with E-state index in [1.807, 2.05) is 20.8 Å². The first-order chi connectivity index (χ1) is 11.8. The van der Waals surface area contributed by atoms with Gasteiger partial charge in [0, 0.05) is 46.9 Å². The van der Waals surface area contributed by atoms with Crippen molar-refractivity contribution >= 4 is 40.7 Å². The molecule has 0 spiro atoms. The van der Waals surface area contributed by atoms with E-state index in [2.05, 4.69) is 59.8 Å². The van der Waals surface area contributed by atoms with Gasteiger partial charge >= 0.3 is 0 Å². The van der Waals surface area contributed by atoms with Crippen molar-refractivity contribution in [3.8, 4) is 0 Å². The summed E-state index contributed by atoms with van der Waals surface area (Å²) < 4.78 is 12.0. The third-order valence-corrected chi connectivity index (χ3v) is 6.76. The molecule has 0 amide bonds. The summed E-state index contributed by atoms with van der Waals surface area (Å²) in [7, 11) is 0.921. The number of rotatable bonds is 8. The average Bonchev–Trinajstić information content (AvgIpc) is 2.61. The molecule has 0 aromatic heterocycles. The third-order valence-electron chi connectivity index (χ3n) is 4.82. The Morgan fingerprint density at radius 3 is 2.12 bits per heavy atom. The Balaban J connectivity index is 0.00000625. The van der Waals surface area contributed by atoms with E-state index < -0.39 is 10.8 Å².